The van der Waals surface area contributed by atoms with Crippen LogP contribution in [0.5, 0.6) is 0 Å². The molecule has 3 heterocycles. The van der Waals surface area contributed by atoms with Crippen LogP contribution in [0.2, 0.25) is 0 Å². The summed E-state index contributed by atoms with van der Waals surface area (Å²) in [5.41, 5.74) is 12.4. The van der Waals surface area contributed by atoms with Crippen molar-refractivity contribution >= 4 is 71.4 Å². The normalized spacial score (nSPS) is 13.8. The lowest BCUT2D eigenvalue weighted by atomic mass is 9.87. The van der Waals surface area contributed by atoms with Gasteiger partial charge in [-0.05, 0) is 98.6 Å². The van der Waals surface area contributed by atoms with Crippen molar-refractivity contribution in [2.75, 3.05) is 0 Å². The Hall–Kier alpha value is -8.15. The summed E-state index contributed by atoms with van der Waals surface area (Å²) in [6.07, 6.45) is 5.62. The SMILES string of the molecule is CC1CC=Cc2cc3c(cc21)c1cc2ccccc2cc1n3-c1cc2oc3ccccc3c2cc1-c1nc(-c2ccc(-c3ccccc3)cc2)nc(-c2ccc3ccccc3c2)n1. The van der Waals surface area contributed by atoms with Crippen molar-refractivity contribution in [1.29, 1.82) is 0 Å². The molecule has 1 atom stereocenters. The molecule has 0 saturated heterocycles. The van der Waals surface area contributed by atoms with Crippen molar-refractivity contribution in [2.45, 2.75) is 19.3 Å². The van der Waals surface area contributed by atoms with Gasteiger partial charge in [-0.1, -0.05) is 153 Å². The summed E-state index contributed by atoms with van der Waals surface area (Å²) in [6, 6.07) is 64.7. The second kappa shape index (κ2) is 13.9. The summed E-state index contributed by atoms with van der Waals surface area (Å²) >= 11 is 0. The van der Waals surface area contributed by atoms with Crippen molar-refractivity contribution in [3.63, 3.8) is 0 Å². The van der Waals surface area contributed by atoms with Gasteiger partial charge in [0.25, 0.3) is 0 Å². The predicted octanol–water partition coefficient (Wildman–Crippen LogP) is 15.4. The lowest BCUT2D eigenvalue weighted by molar-refractivity contribution is 0.668. The molecule has 1 aliphatic rings. The van der Waals surface area contributed by atoms with Crippen molar-refractivity contribution in [3.05, 3.63) is 199 Å². The summed E-state index contributed by atoms with van der Waals surface area (Å²) in [6.45, 7) is 2.33. The summed E-state index contributed by atoms with van der Waals surface area (Å²) in [5.74, 6) is 2.22. The number of nitrogens with zero attached hydrogens (tertiary/aromatic N) is 4. The van der Waals surface area contributed by atoms with Crippen LogP contribution < -0.4 is 0 Å². The maximum atomic E-state index is 6.68. The molecule has 0 spiro atoms. The zero-order valence-corrected chi connectivity index (χ0v) is 34.5. The lowest BCUT2D eigenvalue weighted by Crippen LogP contribution is -2.04. The molecular weight excluding hydrogens is 769 g/mol. The fourth-order valence-corrected chi connectivity index (χ4v) is 9.79. The van der Waals surface area contributed by atoms with Crippen LogP contribution in [0.15, 0.2) is 192 Å². The van der Waals surface area contributed by atoms with Crippen molar-refractivity contribution < 1.29 is 4.42 Å². The van der Waals surface area contributed by atoms with Gasteiger partial charge in [-0.15, -0.1) is 0 Å². The molecule has 12 aromatic rings. The standard InChI is InChI=1S/C58H38N4O/c1-35-12-11-19-43-31-52-48(32-46(35)43)47-29-41-17-7-8-18-42(41)30-51(47)62(52)53-34-55-49(45-20-9-10-21-54(45)63-55)33-50(53)58-60-56(39-25-22-38(23-26-39)36-13-3-2-4-14-36)59-57(61-58)44-27-24-37-15-5-6-16-40(37)28-44/h2-11,13-35H,12H2,1H3. The molecular formula is C58H38N4O. The Kier molecular flexibility index (Phi) is 7.88. The summed E-state index contributed by atoms with van der Waals surface area (Å²) < 4.78 is 9.09. The fraction of sp³-hybridized carbons (Fsp3) is 0.0517. The molecule has 13 rings (SSSR count). The zero-order valence-electron chi connectivity index (χ0n) is 34.5. The second-order valence-corrected chi connectivity index (χ2v) is 16.9. The van der Waals surface area contributed by atoms with E-state index in [9.17, 15) is 0 Å². The van der Waals surface area contributed by atoms with E-state index in [0.717, 1.165) is 83.7 Å². The Labute approximate surface area is 363 Å². The van der Waals surface area contributed by atoms with E-state index in [2.05, 4.69) is 187 Å². The minimum atomic E-state index is 0.426. The van der Waals surface area contributed by atoms with Gasteiger partial charge in [0, 0.05) is 44.3 Å². The average molecular weight is 807 g/mol. The lowest BCUT2D eigenvalue weighted by Gasteiger charge is -2.19. The number of allylic oxidation sites excluding steroid dienone is 1. The first-order chi connectivity index (χ1) is 31.1. The quantitative estimate of drug-likeness (QED) is 0.174. The van der Waals surface area contributed by atoms with Crippen LogP contribution in [-0.2, 0) is 0 Å². The Morgan fingerprint density at radius 2 is 1.08 bits per heavy atom. The molecule has 1 unspecified atom stereocenters. The zero-order chi connectivity index (χ0) is 41.6. The highest BCUT2D eigenvalue weighted by molar-refractivity contribution is 6.15. The molecule has 0 radical (unpaired) electrons. The molecule has 63 heavy (non-hydrogen) atoms. The van der Waals surface area contributed by atoms with Crippen molar-refractivity contribution in [3.8, 4) is 51.0 Å². The third kappa shape index (κ3) is 5.81. The number of rotatable bonds is 5. The molecule has 0 saturated carbocycles. The van der Waals surface area contributed by atoms with Gasteiger partial charge < -0.3 is 8.98 Å². The van der Waals surface area contributed by atoms with Crippen LogP contribution >= 0.6 is 0 Å². The summed E-state index contributed by atoms with van der Waals surface area (Å²) in [7, 11) is 0. The molecule has 0 N–H and O–H groups in total. The third-order valence-corrected chi connectivity index (χ3v) is 13.0. The number of fused-ring (bicyclic) bond motifs is 9. The third-order valence-electron chi connectivity index (χ3n) is 13.0. The van der Waals surface area contributed by atoms with Crippen LogP contribution in [0.4, 0.5) is 0 Å². The van der Waals surface area contributed by atoms with Crippen LogP contribution in [0, 0.1) is 0 Å². The highest BCUT2D eigenvalue weighted by atomic mass is 16.3. The minimum Gasteiger partial charge on any atom is -0.456 e. The molecule has 296 valence electrons. The van der Waals surface area contributed by atoms with E-state index in [-0.39, 0.29) is 0 Å². The van der Waals surface area contributed by atoms with Gasteiger partial charge >= 0.3 is 0 Å². The van der Waals surface area contributed by atoms with Gasteiger partial charge in [-0.2, -0.15) is 0 Å². The van der Waals surface area contributed by atoms with Crippen LogP contribution in [0.25, 0.3) is 122 Å². The Balaban J connectivity index is 1.13. The maximum absolute atomic E-state index is 6.68. The molecule has 0 fully saturated rings. The number of aromatic nitrogens is 4. The van der Waals surface area contributed by atoms with Crippen molar-refractivity contribution in [2.24, 2.45) is 0 Å². The van der Waals surface area contributed by atoms with Crippen LogP contribution in [-0.4, -0.2) is 19.5 Å². The highest BCUT2D eigenvalue weighted by Crippen LogP contribution is 2.44. The number of furan rings is 1. The Bertz CT molecular complexity index is 3840. The van der Waals surface area contributed by atoms with E-state index in [4.69, 9.17) is 19.4 Å². The predicted molar refractivity (Wildman–Crippen MR) is 260 cm³/mol. The number of hydrogen-bond acceptors (Lipinski definition) is 4. The molecule has 5 heteroatoms. The molecule has 0 aliphatic heterocycles. The van der Waals surface area contributed by atoms with E-state index >= 15 is 0 Å². The van der Waals surface area contributed by atoms with E-state index in [1.165, 1.54) is 32.7 Å². The molecule has 0 amide bonds. The number of hydrogen-bond donors (Lipinski definition) is 0. The summed E-state index contributed by atoms with van der Waals surface area (Å²) in [5, 5.41) is 9.16. The van der Waals surface area contributed by atoms with Gasteiger partial charge in [-0.25, -0.2) is 15.0 Å². The minimum absolute atomic E-state index is 0.426. The average Bonchev–Trinajstić information content (AvgIpc) is 3.86. The first kappa shape index (κ1) is 35.6. The van der Waals surface area contributed by atoms with E-state index in [0.29, 0.717) is 23.4 Å². The van der Waals surface area contributed by atoms with Gasteiger partial charge in [0.15, 0.2) is 17.5 Å². The van der Waals surface area contributed by atoms with E-state index < -0.39 is 0 Å². The maximum Gasteiger partial charge on any atom is 0.166 e. The first-order valence-corrected chi connectivity index (χ1v) is 21.6. The van der Waals surface area contributed by atoms with Gasteiger partial charge in [0.05, 0.1) is 16.7 Å². The van der Waals surface area contributed by atoms with Crippen LogP contribution in [0.3, 0.4) is 0 Å². The topological polar surface area (TPSA) is 56.7 Å². The molecule has 5 nitrogen and oxygen atoms in total. The Morgan fingerprint density at radius 3 is 1.90 bits per heavy atom. The van der Waals surface area contributed by atoms with E-state index in [1.807, 2.05) is 18.2 Å². The van der Waals surface area contributed by atoms with Crippen molar-refractivity contribution in [1.82, 2.24) is 19.5 Å². The molecule has 9 aromatic carbocycles. The number of para-hydroxylation sites is 1. The molecule has 1 aliphatic carbocycles. The van der Waals surface area contributed by atoms with E-state index in [1.54, 1.807) is 0 Å². The number of benzene rings is 9. The van der Waals surface area contributed by atoms with Gasteiger partial charge in [0.2, 0.25) is 0 Å². The monoisotopic (exact) mass is 806 g/mol. The largest absolute Gasteiger partial charge is 0.456 e. The van der Waals surface area contributed by atoms with Gasteiger partial charge in [0.1, 0.15) is 11.2 Å². The summed E-state index contributed by atoms with van der Waals surface area (Å²) in [4.78, 5) is 16.1. The van der Waals surface area contributed by atoms with Crippen LogP contribution in [0.1, 0.15) is 30.4 Å². The first-order valence-electron chi connectivity index (χ1n) is 21.6. The van der Waals surface area contributed by atoms with Gasteiger partial charge in [-0.3, -0.25) is 0 Å². The second-order valence-electron chi connectivity index (χ2n) is 16.9. The fourth-order valence-electron chi connectivity index (χ4n) is 9.79. The smallest absolute Gasteiger partial charge is 0.166 e. The Morgan fingerprint density at radius 1 is 0.460 bits per heavy atom. The highest BCUT2D eigenvalue weighted by Gasteiger charge is 2.24. The molecule has 3 aromatic heterocycles. The molecule has 0 bridgehead atoms.